The first-order valence-corrected chi connectivity index (χ1v) is 10.3. The molecule has 0 aliphatic carbocycles. The molecule has 0 bridgehead atoms. The molecule has 1 aromatic carbocycles. The van der Waals surface area contributed by atoms with E-state index < -0.39 is 6.04 Å². The van der Waals surface area contributed by atoms with Gasteiger partial charge in [-0.2, -0.15) is 0 Å². The van der Waals surface area contributed by atoms with Crippen LogP contribution in [0.25, 0.3) is 0 Å². The molecule has 0 saturated carbocycles. The Kier molecular flexibility index (Phi) is 9.05. The van der Waals surface area contributed by atoms with Gasteiger partial charge in [0, 0.05) is 13.1 Å². The van der Waals surface area contributed by atoms with E-state index in [9.17, 15) is 14.0 Å². The second-order valence-corrected chi connectivity index (χ2v) is 7.71. The zero-order chi connectivity index (χ0) is 22.1. The van der Waals surface area contributed by atoms with Crippen molar-refractivity contribution in [1.82, 2.24) is 9.80 Å². The van der Waals surface area contributed by atoms with Gasteiger partial charge in [-0.3, -0.25) is 14.5 Å². The molecule has 0 fully saturated rings. The van der Waals surface area contributed by atoms with Gasteiger partial charge in [0.1, 0.15) is 17.6 Å². The van der Waals surface area contributed by atoms with E-state index in [-0.39, 0.29) is 36.7 Å². The smallest absolute Gasteiger partial charge is 0.323 e. The Morgan fingerprint density at radius 1 is 1.10 bits per heavy atom. The lowest BCUT2D eigenvalue weighted by Gasteiger charge is -2.31. The van der Waals surface area contributed by atoms with Crippen LogP contribution >= 0.6 is 0 Å². The minimum Gasteiger partial charge on any atom is -0.467 e. The molecule has 1 unspecified atom stereocenters. The van der Waals surface area contributed by atoms with Gasteiger partial charge in [0.25, 0.3) is 0 Å². The van der Waals surface area contributed by atoms with Crippen LogP contribution in [0.2, 0.25) is 0 Å². The summed E-state index contributed by atoms with van der Waals surface area (Å²) in [5.41, 5.74) is 0.810. The van der Waals surface area contributed by atoms with Crippen molar-refractivity contribution >= 4 is 11.9 Å². The lowest BCUT2D eigenvalue weighted by atomic mass is 10.1. The van der Waals surface area contributed by atoms with Gasteiger partial charge in [-0.05, 0) is 49.6 Å². The Hall–Kier alpha value is -2.67. The highest BCUT2D eigenvalue weighted by Crippen LogP contribution is 2.14. The van der Waals surface area contributed by atoms with Crippen LogP contribution in [0.4, 0.5) is 4.39 Å². The molecule has 0 saturated heterocycles. The molecule has 1 amide bonds. The predicted molar refractivity (Wildman–Crippen MR) is 112 cm³/mol. The Labute approximate surface area is 177 Å². The largest absolute Gasteiger partial charge is 0.467 e. The van der Waals surface area contributed by atoms with E-state index in [1.54, 1.807) is 49.3 Å². The second kappa shape index (κ2) is 11.5. The Morgan fingerprint density at radius 2 is 1.80 bits per heavy atom. The molecule has 30 heavy (non-hydrogen) atoms. The van der Waals surface area contributed by atoms with E-state index in [4.69, 9.17) is 9.15 Å². The van der Waals surface area contributed by atoms with Crippen LogP contribution < -0.4 is 0 Å². The quantitative estimate of drug-likeness (QED) is 0.519. The SMILES string of the molecule is CCOC(=O)C(C)N(CC(=O)N(Cc1ccc(F)cc1)Cc1ccco1)CC(C)C. The lowest BCUT2D eigenvalue weighted by molar-refractivity contribution is -0.150. The summed E-state index contributed by atoms with van der Waals surface area (Å²) in [6.07, 6.45) is 1.56. The maximum absolute atomic E-state index is 13.3. The van der Waals surface area contributed by atoms with Crippen LogP contribution in [0.5, 0.6) is 0 Å². The van der Waals surface area contributed by atoms with Crippen molar-refractivity contribution in [3.05, 3.63) is 59.8 Å². The van der Waals surface area contributed by atoms with E-state index in [1.807, 2.05) is 18.7 Å². The third kappa shape index (κ3) is 7.30. The highest BCUT2D eigenvalue weighted by Gasteiger charge is 2.27. The number of carbonyl (C=O) groups is 2. The van der Waals surface area contributed by atoms with Crippen LogP contribution in [0.3, 0.4) is 0 Å². The molecule has 6 nitrogen and oxygen atoms in total. The van der Waals surface area contributed by atoms with Crippen molar-refractivity contribution in [2.75, 3.05) is 19.7 Å². The first-order chi connectivity index (χ1) is 14.3. The van der Waals surface area contributed by atoms with E-state index >= 15 is 0 Å². The fourth-order valence-corrected chi connectivity index (χ4v) is 3.15. The van der Waals surface area contributed by atoms with Gasteiger partial charge in [0.05, 0.1) is 26.0 Å². The number of benzene rings is 1. The van der Waals surface area contributed by atoms with Crippen molar-refractivity contribution in [3.63, 3.8) is 0 Å². The maximum atomic E-state index is 13.3. The highest BCUT2D eigenvalue weighted by molar-refractivity contribution is 5.80. The molecule has 0 radical (unpaired) electrons. The Bertz CT molecular complexity index is 790. The molecule has 0 N–H and O–H groups in total. The summed E-state index contributed by atoms with van der Waals surface area (Å²) in [5, 5.41) is 0. The number of rotatable bonds is 11. The number of furan rings is 1. The summed E-state index contributed by atoms with van der Waals surface area (Å²) in [4.78, 5) is 29.0. The van der Waals surface area contributed by atoms with Crippen molar-refractivity contribution in [2.24, 2.45) is 5.92 Å². The van der Waals surface area contributed by atoms with Crippen molar-refractivity contribution in [3.8, 4) is 0 Å². The van der Waals surface area contributed by atoms with Crippen molar-refractivity contribution in [1.29, 1.82) is 0 Å². The van der Waals surface area contributed by atoms with Gasteiger partial charge in [0.2, 0.25) is 5.91 Å². The summed E-state index contributed by atoms with van der Waals surface area (Å²) >= 11 is 0. The maximum Gasteiger partial charge on any atom is 0.323 e. The first kappa shape index (κ1) is 23.6. The summed E-state index contributed by atoms with van der Waals surface area (Å²) in [6.45, 7) is 9.12. The Morgan fingerprint density at radius 3 is 2.37 bits per heavy atom. The van der Waals surface area contributed by atoms with Crippen molar-refractivity contribution < 1.29 is 23.1 Å². The standard InChI is InChI=1S/C23H31FN2O4/c1-5-29-23(28)18(4)25(13-17(2)3)16-22(27)26(15-21-7-6-12-30-21)14-19-8-10-20(24)11-9-19/h6-12,17-18H,5,13-16H2,1-4H3. The highest BCUT2D eigenvalue weighted by atomic mass is 19.1. The molecule has 2 rings (SSSR count). The molecular weight excluding hydrogens is 387 g/mol. The molecule has 1 atom stereocenters. The number of nitrogens with zero attached hydrogens (tertiary/aromatic N) is 2. The molecule has 1 aromatic heterocycles. The number of hydrogen-bond acceptors (Lipinski definition) is 5. The summed E-state index contributed by atoms with van der Waals surface area (Å²) in [6, 6.07) is 9.10. The topological polar surface area (TPSA) is 63.0 Å². The van der Waals surface area contributed by atoms with Gasteiger partial charge < -0.3 is 14.1 Å². The van der Waals surface area contributed by atoms with E-state index in [1.165, 1.54) is 12.1 Å². The summed E-state index contributed by atoms with van der Waals surface area (Å²) < 4.78 is 23.8. The summed E-state index contributed by atoms with van der Waals surface area (Å²) in [7, 11) is 0. The molecular formula is C23H31FN2O4. The first-order valence-electron chi connectivity index (χ1n) is 10.3. The monoisotopic (exact) mass is 418 g/mol. The molecule has 0 aliphatic heterocycles. The van der Waals surface area contributed by atoms with Gasteiger partial charge in [-0.1, -0.05) is 26.0 Å². The number of halogens is 1. The number of esters is 1. The predicted octanol–water partition coefficient (Wildman–Crippen LogP) is 3.86. The van der Waals surface area contributed by atoms with Crippen LogP contribution in [0.1, 0.15) is 39.0 Å². The minimum atomic E-state index is -0.535. The van der Waals surface area contributed by atoms with Gasteiger partial charge in [0.15, 0.2) is 0 Å². The van der Waals surface area contributed by atoms with Crippen molar-refractivity contribution in [2.45, 2.75) is 46.8 Å². The van der Waals surface area contributed by atoms with Crippen LogP contribution in [0.15, 0.2) is 47.1 Å². The van der Waals surface area contributed by atoms with E-state index in [2.05, 4.69) is 0 Å². The zero-order valence-corrected chi connectivity index (χ0v) is 18.1. The molecule has 1 heterocycles. The van der Waals surface area contributed by atoms with Gasteiger partial charge >= 0.3 is 5.97 Å². The Balaban J connectivity index is 2.18. The molecule has 164 valence electrons. The van der Waals surface area contributed by atoms with Crippen LogP contribution in [0, 0.1) is 11.7 Å². The third-order valence-electron chi connectivity index (χ3n) is 4.68. The molecule has 2 aromatic rings. The van der Waals surface area contributed by atoms with E-state index in [0.717, 1.165) is 5.56 Å². The number of hydrogen-bond donors (Lipinski definition) is 0. The zero-order valence-electron chi connectivity index (χ0n) is 18.1. The molecule has 0 spiro atoms. The number of amides is 1. The van der Waals surface area contributed by atoms with Crippen LogP contribution in [-0.4, -0.2) is 47.4 Å². The minimum absolute atomic E-state index is 0.0695. The molecule has 7 heteroatoms. The average Bonchev–Trinajstić information content (AvgIpc) is 3.21. The number of carbonyl (C=O) groups excluding carboxylic acids is 2. The van der Waals surface area contributed by atoms with Crippen LogP contribution in [-0.2, 0) is 27.4 Å². The average molecular weight is 419 g/mol. The third-order valence-corrected chi connectivity index (χ3v) is 4.68. The van der Waals surface area contributed by atoms with Gasteiger partial charge in [-0.15, -0.1) is 0 Å². The second-order valence-electron chi connectivity index (χ2n) is 7.71. The van der Waals surface area contributed by atoms with Gasteiger partial charge in [-0.25, -0.2) is 4.39 Å². The summed E-state index contributed by atoms with van der Waals surface area (Å²) in [5.74, 6) is 0.105. The molecule has 0 aliphatic rings. The lowest BCUT2D eigenvalue weighted by Crippen LogP contribution is -2.48. The van der Waals surface area contributed by atoms with E-state index in [0.29, 0.717) is 25.5 Å². The fourth-order valence-electron chi connectivity index (χ4n) is 3.15. The fraction of sp³-hybridized carbons (Fsp3) is 0.478. The number of ether oxygens (including phenoxy) is 1. The normalized spacial score (nSPS) is 12.2.